The summed E-state index contributed by atoms with van der Waals surface area (Å²) in [4.78, 5) is 12.3. The zero-order valence-electron chi connectivity index (χ0n) is 13.1. The molecule has 0 fully saturated rings. The van der Waals surface area contributed by atoms with Crippen molar-refractivity contribution in [2.45, 2.75) is 18.6 Å². The van der Waals surface area contributed by atoms with E-state index in [4.69, 9.17) is 0 Å². The fourth-order valence-electron chi connectivity index (χ4n) is 2.15. The Morgan fingerprint density at radius 2 is 1.52 bits per heavy atom. The van der Waals surface area contributed by atoms with Crippen molar-refractivity contribution in [3.8, 4) is 0 Å². The molecular weight excluding hydrogens is 343 g/mol. The van der Waals surface area contributed by atoms with Gasteiger partial charge >= 0.3 is 12.1 Å². The fourth-order valence-corrected chi connectivity index (χ4v) is 2.15. The maximum absolute atomic E-state index is 13.3. The first-order valence-electron chi connectivity index (χ1n) is 7.25. The van der Waals surface area contributed by atoms with Gasteiger partial charge in [0, 0.05) is 18.2 Å². The summed E-state index contributed by atoms with van der Waals surface area (Å²) >= 11 is 0. The predicted octanol–water partition coefficient (Wildman–Crippen LogP) is 4.12. The number of hydrazine groups is 1. The van der Waals surface area contributed by atoms with Crippen molar-refractivity contribution >= 4 is 5.91 Å². The van der Waals surface area contributed by atoms with Gasteiger partial charge in [0.25, 0.3) is 5.91 Å². The lowest BCUT2D eigenvalue weighted by atomic mass is 10.1. The quantitative estimate of drug-likeness (QED) is 0.644. The van der Waals surface area contributed by atoms with Crippen LogP contribution in [0.3, 0.4) is 0 Å². The van der Waals surface area contributed by atoms with Crippen molar-refractivity contribution in [1.82, 2.24) is 10.4 Å². The second kappa shape index (κ2) is 7.18. The van der Waals surface area contributed by atoms with Crippen molar-refractivity contribution in [1.29, 1.82) is 0 Å². The molecule has 1 amide bonds. The number of rotatable bonds is 5. The number of hydrogen-bond donors (Lipinski definition) is 1. The molecule has 2 rings (SSSR count). The maximum Gasteiger partial charge on any atom is 0.458 e. The first-order valence-corrected chi connectivity index (χ1v) is 7.25. The topological polar surface area (TPSA) is 32.3 Å². The largest absolute Gasteiger partial charge is 0.458 e. The molecule has 0 saturated heterocycles. The molecule has 0 aliphatic heterocycles. The van der Waals surface area contributed by atoms with E-state index >= 15 is 0 Å². The highest BCUT2D eigenvalue weighted by Gasteiger charge is 2.58. The van der Waals surface area contributed by atoms with Crippen molar-refractivity contribution in [3.05, 3.63) is 71.3 Å². The minimum absolute atomic E-state index is 0.00208. The summed E-state index contributed by atoms with van der Waals surface area (Å²) in [5.41, 5.74) is 2.35. The number of hydrogen-bond acceptors (Lipinski definition) is 2. The molecule has 25 heavy (non-hydrogen) atoms. The van der Waals surface area contributed by atoms with Gasteiger partial charge in [-0.1, -0.05) is 42.5 Å². The molecule has 0 unspecified atom stereocenters. The fraction of sp³-hybridized carbons (Fsp3) is 0.235. The molecule has 0 aliphatic rings. The zero-order valence-corrected chi connectivity index (χ0v) is 13.1. The molecule has 0 spiro atoms. The highest BCUT2D eigenvalue weighted by atomic mass is 19.4. The number of carbonyl (C=O) groups is 1. The normalized spacial score (nSPS) is 12.1. The van der Waals surface area contributed by atoms with Gasteiger partial charge in [0.2, 0.25) is 0 Å². The van der Waals surface area contributed by atoms with Crippen LogP contribution >= 0.6 is 0 Å². The Balaban J connectivity index is 2.16. The third-order valence-electron chi connectivity index (χ3n) is 3.55. The van der Waals surface area contributed by atoms with E-state index in [0.29, 0.717) is 23.3 Å². The summed E-state index contributed by atoms with van der Waals surface area (Å²) in [6, 6.07) is 12.0. The van der Waals surface area contributed by atoms with Crippen molar-refractivity contribution in [2.24, 2.45) is 0 Å². The van der Waals surface area contributed by atoms with E-state index in [1.54, 1.807) is 30.3 Å². The molecule has 8 heteroatoms. The van der Waals surface area contributed by atoms with E-state index in [-0.39, 0.29) is 12.5 Å². The average molecular weight is 358 g/mol. The monoisotopic (exact) mass is 358 g/mol. The Morgan fingerprint density at radius 3 is 2.00 bits per heavy atom. The molecule has 0 atom stereocenters. The molecule has 134 valence electrons. The van der Waals surface area contributed by atoms with Crippen LogP contribution in [0.4, 0.5) is 22.0 Å². The highest BCUT2D eigenvalue weighted by molar-refractivity contribution is 5.93. The van der Waals surface area contributed by atoms with Crippen LogP contribution in [0.15, 0.2) is 54.6 Å². The van der Waals surface area contributed by atoms with Crippen LogP contribution in [0.1, 0.15) is 21.5 Å². The molecule has 0 radical (unpaired) electrons. The summed E-state index contributed by atoms with van der Waals surface area (Å²) in [6.07, 6.45) is -5.66. The Hall–Kier alpha value is -2.48. The van der Waals surface area contributed by atoms with Gasteiger partial charge in [0.1, 0.15) is 0 Å². The first-order chi connectivity index (χ1) is 11.7. The zero-order chi connectivity index (χ0) is 18.7. The Labute approximate surface area is 141 Å². The van der Waals surface area contributed by atoms with Crippen LogP contribution in [0, 0.1) is 0 Å². The third-order valence-corrected chi connectivity index (χ3v) is 3.55. The number of nitrogens with one attached hydrogen (secondary N) is 1. The molecule has 2 aromatic rings. The third kappa shape index (κ3) is 4.14. The molecule has 2 aromatic carbocycles. The van der Waals surface area contributed by atoms with Gasteiger partial charge in [-0.3, -0.25) is 9.80 Å². The van der Waals surface area contributed by atoms with E-state index in [1.165, 1.54) is 12.1 Å². The summed E-state index contributed by atoms with van der Waals surface area (Å²) < 4.78 is 63.6. The van der Waals surface area contributed by atoms with Crippen molar-refractivity contribution in [2.75, 3.05) is 7.05 Å². The Kier molecular flexibility index (Phi) is 5.42. The minimum Gasteiger partial charge on any atom is -0.270 e. The van der Waals surface area contributed by atoms with Crippen LogP contribution in [0.5, 0.6) is 0 Å². The summed E-state index contributed by atoms with van der Waals surface area (Å²) in [6.45, 7) is 0.00208. The van der Waals surface area contributed by atoms with Crippen LogP contribution < -0.4 is 5.43 Å². The molecule has 0 aromatic heterocycles. The summed E-state index contributed by atoms with van der Waals surface area (Å²) in [7, 11) is 1.51. The minimum atomic E-state index is -5.66. The summed E-state index contributed by atoms with van der Waals surface area (Å²) in [5.74, 6) is -5.28. The predicted molar refractivity (Wildman–Crippen MR) is 81.8 cm³/mol. The maximum atomic E-state index is 13.3. The van der Waals surface area contributed by atoms with Gasteiger partial charge < -0.3 is 0 Å². The van der Waals surface area contributed by atoms with Gasteiger partial charge in [0.05, 0.1) is 6.54 Å². The number of carbonyl (C=O) groups excluding carboxylic acids is 1. The van der Waals surface area contributed by atoms with E-state index in [0.717, 1.165) is 12.1 Å². The van der Waals surface area contributed by atoms with Crippen LogP contribution in [-0.4, -0.2) is 24.1 Å². The first kappa shape index (κ1) is 18.9. The molecule has 0 heterocycles. The van der Waals surface area contributed by atoms with E-state index in [1.807, 2.05) is 0 Å². The van der Waals surface area contributed by atoms with Crippen LogP contribution in [-0.2, 0) is 12.5 Å². The van der Waals surface area contributed by atoms with E-state index < -0.39 is 17.7 Å². The number of alkyl halides is 5. The molecule has 1 N–H and O–H groups in total. The van der Waals surface area contributed by atoms with Gasteiger partial charge in [-0.2, -0.15) is 22.0 Å². The van der Waals surface area contributed by atoms with Gasteiger partial charge in [-0.05, 0) is 17.7 Å². The van der Waals surface area contributed by atoms with E-state index in [2.05, 4.69) is 5.43 Å². The van der Waals surface area contributed by atoms with Gasteiger partial charge in [0.15, 0.2) is 0 Å². The van der Waals surface area contributed by atoms with E-state index in [9.17, 15) is 26.7 Å². The van der Waals surface area contributed by atoms with Crippen LogP contribution in [0.25, 0.3) is 0 Å². The lowest BCUT2D eigenvalue weighted by molar-refractivity contribution is -0.289. The number of benzene rings is 2. The molecule has 3 nitrogen and oxygen atoms in total. The standard InChI is InChI=1S/C17H15F5N2O/c1-23-24(15(25)13-5-3-2-4-6-13)11-12-7-9-14(10-8-12)16(18,19)17(20,21)22/h2-10,23H,11H2,1H3. The molecule has 0 bridgehead atoms. The second-order valence-electron chi connectivity index (χ2n) is 5.25. The summed E-state index contributed by atoms with van der Waals surface area (Å²) in [5, 5.41) is 1.23. The Bertz CT molecular complexity index is 714. The number of amides is 1. The number of nitrogens with zero attached hydrogens (tertiary/aromatic N) is 1. The number of halogens is 5. The van der Waals surface area contributed by atoms with Crippen molar-refractivity contribution < 1.29 is 26.7 Å². The van der Waals surface area contributed by atoms with Crippen LogP contribution in [0.2, 0.25) is 0 Å². The lowest BCUT2D eigenvalue weighted by Crippen LogP contribution is -2.40. The smallest absolute Gasteiger partial charge is 0.270 e. The highest BCUT2D eigenvalue weighted by Crippen LogP contribution is 2.43. The molecular formula is C17H15F5N2O. The lowest BCUT2D eigenvalue weighted by Gasteiger charge is -2.23. The Morgan fingerprint density at radius 1 is 0.960 bits per heavy atom. The van der Waals surface area contributed by atoms with Crippen molar-refractivity contribution in [3.63, 3.8) is 0 Å². The van der Waals surface area contributed by atoms with Gasteiger partial charge in [-0.15, -0.1) is 0 Å². The van der Waals surface area contributed by atoms with Gasteiger partial charge in [-0.25, -0.2) is 5.43 Å². The average Bonchev–Trinajstić information content (AvgIpc) is 2.59. The molecule has 0 aliphatic carbocycles. The second-order valence-corrected chi connectivity index (χ2v) is 5.25. The SMILES string of the molecule is CNN(Cc1ccc(C(F)(F)C(F)(F)F)cc1)C(=O)c1ccccc1. The molecule has 0 saturated carbocycles.